The number of nitrogens with zero attached hydrogens (tertiary/aromatic N) is 10. The van der Waals surface area contributed by atoms with Gasteiger partial charge in [-0.25, -0.2) is 14.7 Å². The lowest BCUT2D eigenvalue weighted by Gasteiger charge is -2.08. The van der Waals surface area contributed by atoms with Gasteiger partial charge in [0.15, 0.2) is 5.69 Å². The zero-order chi connectivity index (χ0) is 25.1. The molecule has 2 aromatic carbocycles. The van der Waals surface area contributed by atoms with Crippen LogP contribution in [0.1, 0.15) is 23.0 Å². The fraction of sp³-hybridized carbons (Fsp3) is 0.0952. The molecule has 5 aromatic rings. The summed E-state index contributed by atoms with van der Waals surface area (Å²) in [5, 5.41) is 30.8. The Kier molecular flexibility index (Phi) is 5.84. The number of hydrogen-bond acceptors (Lipinski definition) is 12. The number of benzene rings is 2. The normalized spacial score (nSPS) is 11.4. The van der Waals surface area contributed by atoms with Crippen molar-refractivity contribution in [3.05, 3.63) is 66.1 Å². The van der Waals surface area contributed by atoms with Crippen LogP contribution in [0.2, 0.25) is 0 Å². The summed E-state index contributed by atoms with van der Waals surface area (Å²) >= 11 is 0. The minimum atomic E-state index is -0.606. The number of amides is 1. The van der Waals surface area contributed by atoms with Crippen LogP contribution < -0.4 is 15.9 Å². The molecule has 0 spiro atoms. The van der Waals surface area contributed by atoms with E-state index in [1.165, 1.54) is 22.8 Å². The number of nitrogens with two attached hydrogens (primary N) is 1. The van der Waals surface area contributed by atoms with Crippen molar-refractivity contribution in [2.45, 2.75) is 6.92 Å². The predicted octanol–water partition coefficient (Wildman–Crippen LogP) is 1.04. The molecule has 0 aliphatic heterocycles. The van der Waals surface area contributed by atoms with Crippen LogP contribution >= 0.6 is 0 Å². The summed E-state index contributed by atoms with van der Waals surface area (Å²) in [5.41, 5.74) is 11.3. The molecule has 36 heavy (non-hydrogen) atoms. The van der Waals surface area contributed by atoms with Crippen LogP contribution in [0.3, 0.4) is 0 Å². The van der Waals surface area contributed by atoms with Gasteiger partial charge in [-0.15, -0.1) is 10.2 Å². The number of anilines is 1. The van der Waals surface area contributed by atoms with E-state index in [9.17, 15) is 4.79 Å². The first-order valence-electron chi connectivity index (χ1n) is 10.4. The molecule has 1 amide bonds. The Balaban J connectivity index is 1.48. The first-order chi connectivity index (χ1) is 17.5. The number of carbonyl (C=O) groups excluding carboxylic acids is 1. The number of ether oxygens (including phenoxy) is 1. The number of hydrogen-bond donors (Lipinski definition) is 2. The third-order valence-electron chi connectivity index (χ3n) is 5.13. The summed E-state index contributed by atoms with van der Waals surface area (Å²) in [4.78, 5) is 13.2. The maximum Gasteiger partial charge on any atom is 0.294 e. The minimum Gasteiger partial charge on any atom is -0.497 e. The van der Waals surface area contributed by atoms with Gasteiger partial charge in [0.1, 0.15) is 17.8 Å². The predicted molar refractivity (Wildman–Crippen MR) is 124 cm³/mol. The fourth-order valence-electron chi connectivity index (χ4n) is 3.36. The summed E-state index contributed by atoms with van der Waals surface area (Å²) in [7, 11) is 1.54. The molecule has 0 saturated heterocycles. The van der Waals surface area contributed by atoms with Crippen LogP contribution in [0.5, 0.6) is 5.75 Å². The van der Waals surface area contributed by atoms with Crippen molar-refractivity contribution in [1.29, 1.82) is 0 Å². The molecule has 15 nitrogen and oxygen atoms in total. The highest BCUT2D eigenvalue weighted by Gasteiger charge is 2.25. The van der Waals surface area contributed by atoms with Crippen LogP contribution in [0.4, 0.5) is 5.82 Å². The highest BCUT2D eigenvalue weighted by molar-refractivity contribution is 6.02. The summed E-state index contributed by atoms with van der Waals surface area (Å²) < 4.78 is 12.8. The number of nitrogens with one attached hydrogen (secondary N) is 1. The van der Waals surface area contributed by atoms with E-state index in [-0.39, 0.29) is 17.3 Å². The molecule has 0 radical (unpaired) electrons. The van der Waals surface area contributed by atoms with Gasteiger partial charge >= 0.3 is 0 Å². The van der Waals surface area contributed by atoms with Crippen molar-refractivity contribution in [2.75, 3.05) is 12.8 Å². The summed E-state index contributed by atoms with van der Waals surface area (Å²) in [5.74, 6) is 0.0186. The summed E-state index contributed by atoms with van der Waals surface area (Å²) in [6.45, 7) is 1.75. The molecule has 0 saturated carbocycles. The van der Waals surface area contributed by atoms with Crippen molar-refractivity contribution >= 4 is 17.4 Å². The van der Waals surface area contributed by atoms with Crippen molar-refractivity contribution in [2.24, 2.45) is 5.10 Å². The van der Waals surface area contributed by atoms with Crippen LogP contribution in [-0.2, 0) is 0 Å². The molecule has 5 rings (SSSR count). The van der Waals surface area contributed by atoms with Crippen molar-refractivity contribution in [3.8, 4) is 28.5 Å². The first kappa shape index (κ1) is 22.3. The Bertz CT molecular complexity index is 1550. The second-order valence-corrected chi connectivity index (χ2v) is 7.35. The molecule has 0 fully saturated rings. The van der Waals surface area contributed by atoms with Crippen LogP contribution in [0, 0.1) is 0 Å². The minimum absolute atomic E-state index is 0.0210. The van der Waals surface area contributed by atoms with E-state index < -0.39 is 5.91 Å². The Labute approximate surface area is 202 Å². The van der Waals surface area contributed by atoms with Gasteiger partial charge in [-0.1, -0.05) is 29.5 Å². The number of hydrazone groups is 1. The number of nitrogen functional groups attached to an aromatic ring is 1. The van der Waals surface area contributed by atoms with E-state index in [1.807, 2.05) is 24.3 Å². The molecule has 0 unspecified atom stereocenters. The van der Waals surface area contributed by atoms with Crippen LogP contribution in [0.15, 0.2) is 64.6 Å². The smallest absolute Gasteiger partial charge is 0.294 e. The number of rotatable bonds is 7. The molecule has 180 valence electrons. The number of aromatic nitrogens is 9. The molecular weight excluding hydrogens is 468 g/mol. The van der Waals surface area contributed by atoms with Crippen molar-refractivity contribution in [3.63, 3.8) is 0 Å². The van der Waals surface area contributed by atoms with Gasteiger partial charge < -0.3 is 10.5 Å². The third-order valence-corrected chi connectivity index (χ3v) is 5.13. The Morgan fingerprint density at radius 1 is 1.14 bits per heavy atom. The second-order valence-electron chi connectivity index (χ2n) is 7.35. The zero-order valence-corrected chi connectivity index (χ0v) is 19.0. The van der Waals surface area contributed by atoms with Gasteiger partial charge in [0, 0.05) is 5.56 Å². The van der Waals surface area contributed by atoms with Gasteiger partial charge in [-0.3, -0.25) is 4.79 Å². The summed E-state index contributed by atoms with van der Waals surface area (Å²) in [6, 6.07) is 14.4. The van der Waals surface area contributed by atoms with E-state index in [2.05, 4.69) is 46.7 Å². The average molecular weight is 486 g/mol. The molecule has 15 heteroatoms. The van der Waals surface area contributed by atoms with E-state index >= 15 is 0 Å². The number of methoxy groups -OCH3 is 1. The van der Waals surface area contributed by atoms with Crippen LogP contribution in [-0.4, -0.2) is 64.2 Å². The monoisotopic (exact) mass is 486 g/mol. The van der Waals surface area contributed by atoms with Gasteiger partial charge in [-0.2, -0.15) is 9.78 Å². The average Bonchev–Trinajstić information content (AvgIpc) is 3.68. The largest absolute Gasteiger partial charge is 0.497 e. The van der Waals surface area contributed by atoms with Gasteiger partial charge in [0.05, 0.1) is 18.5 Å². The molecule has 0 atom stereocenters. The highest BCUT2D eigenvalue weighted by atomic mass is 16.6. The molecule has 3 N–H and O–H groups in total. The zero-order valence-electron chi connectivity index (χ0n) is 19.0. The molecular formula is C21H18N12O3. The molecule has 0 aliphatic rings. The second kappa shape index (κ2) is 9.41. The Morgan fingerprint density at radius 3 is 2.75 bits per heavy atom. The topological polar surface area (TPSA) is 190 Å². The van der Waals surface area contributed by atoms with E-state index in [4.69, 9.17) is 15.1 Å². The number of tetrazole rings is 1. The van der Waals surface area contributed by atoms with Crippen molar-refractivity contribution < 1.29 is 14.2 Å². The van der Waals surface area contributed by atoms with E-state index in [0.717, 1.165) is 11.3 Å². The lowest BCUT2D eigenvalue weighted by Crippen LogP contribution is -2.21. The fourth-order valence-corrected chi connectivity index (χ4v) is 3.36. The van der Waals surface area contributed by atoms with Gasteiger partial charge in [-0.05, 0) is 57.5 Å². The maximum atomic E-state index is 13.2. The third kappa shape index (κ3) is 4.23. The SMILES string of the molecule is COc1cccc(-c2c(C(=O)N/N=C(\C)c3cccc(-n4cnnn4)c3)nnn2-c2nonc2N)c1. The quantitative estimate of drug-likeness (QED) is 0.247. The van der Waals surface area contributed by atoms with Gasteiger partial charge in [0.25, 0.3) is 5.91 Å². The van der Waals surface area contributed by atoms with E-state index in [0.29, 0.717) is 22.7 Å². The Hall–Kier alpha value is -5.47. The maximum absolute atomic E-state index is 13.2. The Morgan fingerprint density at radius 2 is 2.00 bits per heavy atom. The standard InChI is InChI=1S/C21H18N12O3/c1-12(13-5-3-7-15(9-13)32-11-23-29-31-32)24-26-21(34)17-18(14-6-4-8-16(10-14)35-2)33(30-25-17)20-19(22)27-36-28-20/h3-11H,1-2H3,(H2,22,27)(H,26,34)/b24-12+. The molecule has 0 bridgehead atoms. The van der Waals surface area contributed by atoms with Gasteiger partial charge in [0.2, 0.25) is 11.6 Å². The molecule has 3 aromatic heterocycles. The molecule has 0 aliphatic carbocycles. The summed E-state index contributed by atoms with van der Waals surface area (Å²) in [6.07, 6.45) is 1.48. The molecule has 3 heterocycles. The lowest BCUT2D eigenvalue weighted by molar-refractivity contribution is 0.0950. The number of carbonyl (C=O) groups is 1. The highest BCUT2D eigenvalue weighted by Crippen LogP contribution is 2.29. The van der Waals surface area contributed by atoms with Crippen LogP contribution in [0.25, 0.3) is 22.8 Å². The first-order valence-corrected chi connectivity index (χ1v) is 10.4. The van der Waals surface area contributed by atoms with E-state index in [1.54, 1.807) is 31.2 Å². The lowest BCUT2D eigenvalue weighted by atomic mass is 10.1. The van der Waals surface area contributed by atoms with Crippen molar-refractivity contribution in [1.82, 2.24) is 50.9 Å².